The van der Waals surface area contributed by atoms with Crippen LogP contribution in [-0.4, -0.2) is 19.3 Å². The molecule has 1 aromatic rings. The van der Waals surface area contributed by atoms with Gasteiger partial charge in [0, 0.05) is 5.56 Å². The maximum Gasteiger partial charge on any atom is 0.166 e. The number of aliphatic hydroxyl groups is 1. The SMILES string of the molecule is COc1cccc(C2(O)CCCCC2)c1OC. The molecule has 0 radical (unpaired) electrons. The molecule has 0 aromatic heterocycles. The first-order chi connectivity index (χ1) is 8.21. The number of para-hydroxylation sites is 1. The summed E-state index contributed by atoms with van der Waals surface area (Å²) >= 11 is 0. The molecular weight excluding hydrogens is 216 g/mol. The molecule has 0 amide bonds. The number of benzene rings is 1. The third-order valence-corrected chi connectivity index (χ3v) is 3.59. The van der Waals surface area contributed by atoms with E-state index in [-0.39, 0.29) is 0 Å². The van der Waals surface area contributed by atoms with E-state index < -0.39 is 5.60 Å². The average Bonchev–Trinajstić information content (AvgIpc) is 2.38. The van der Waals surface area contributed by atoms with Crippen molar-refractivity contribution in [3.63, 3.8) is 0 Å². The Bertz CT molecular complexity index is 381. The predicted molar refractivity (Wildman–Crippen MR) is 66.5 cm³/mol. The van der Waals surface area contributed by atoms with Gasteiger partial charge >= 0.3 is 0 Å². The minimum Gasteiger partial charge on any atom is -0.493 e. The zero-order valence-electron chi connectivity index (χ0n) is 10.5. The molecule has 94 valence electrons. The highest BCUT2D eigenvalue weighted by atomic mass is 16.5. The van der Waals surface area contributed by atoms with E-state index in [0.29, 0.717) is 11.5 Å². The number of hydrogen-bond acceptors (Lipinski definition) is 3. The fraction of sp³-hybridized carbons (Fsp3) is 0.571. The van der Waals surface area contributed by atoms with Crippen LogP contribution in [0.2, 0.25) is 0 Å². The van der Waals surface area contributed by atoms with Gasteiger partial charge in [-0.1, -0.05) is 31.4 Å². The van der Waals surface area contributed by atoms with Gasteiger partial charge in [0.2, 0.25) is 0 Å². The first-order valence-corrected chi connectivity index (χ1v) is 6.15. The van der Waals surface area contributed by atoms with Gasteiger partial charge in [0.1, 0.15) is 0 Å². The zero-order chi connectivity index (χ0) is 12.3. The fourth-order valence-corrected chi connectivity index (χ4v) is 2.66. The molecule has 1 saturated carbocycles. The van der Waals surface area contributed by atoms with Crippen molar-refractivity contribution in [2.24, 2.45) is 0 Å². The van der Waals surface area contributed by atoms with Crippen LogP contribution in [0.3, 0.4) is 0 Å². The molecule has 3 heteroatoms. The maximum absolute atomic E-state index is 10.7. The molecule has 1 N–H and O–H groups in total. The van der Waals surface area contributed by atoms with Crippen molar-refractivity contribution in [3.8, 4) is 11.5 Å². The van der Waals surface area contributed by atoms with E-state index in [1.54, 1.807) is 14.2 Å². The van der Waals surface area contributed by atoms with Gasteiger partial charge < -0.3 is 14.6 Å². The van der Waals surface area contributed by atoms with Gasteiger partial charge in [-0.05, 0) is 18.9 Å². The summed E-state index contributed by atoms with van der Waals surface area (Å²) in [6.45, 7) is 0. The normalized spacial score (nSPS) is 18.8. The fourth-order valence-electron chi connectivity index (χ4n) is 2.66. The van der Waals surface area contributed by atoms with E-state index >= 15 is 0 Å². The van der Waals surface area contributed by atoms with Gasteiger partial charge in [-0.25, -0.2) is 0 Å². The molecule has 2 rings (SSSR count). The minimum atomic E-state index is -0.752. The molecule has 17 heavy (non-hydrogen) atoms. The van der Waals surface area contributed by atoms with Crippen LogP contribution in [0.4, 0.5) is 0 Å². The predicted octanol–water partition coefficient (Wildman–Crippen LogP) is 2.86. The number of rotatable bonds is 3. The van der Waals surface area contributed by atoms with Crippen molar-refractivity contribution >= 4 is 0 Å². The van der Waals surface area contributed by atoms with E-state index in [0.717, 1.165) is 31.2 Å². The standard InChI is InChI=1S/C14H20O3/c1-16-12-8-6-7-11(13(12)17-2)14(15)9-4-3-5-10-14/h6-8,15H,3-5,9-10H2,1-2H3. The first-order valence-electron chi connectivity index (χ1n) is 6.15. The van der Waals surface area contributed by atoms with Crippen molar-refractivity contribution in [1.29, 1.82) is 0 Å². The number of methoxy groups -OCH3 is 2. The summed E-state index contributed by atoms with van der Waals surface area (Å²) in [5.74, 6) is 1.35. The summed E-state index contributed by atoms with van der Waals surface area (Å²) in [4.78, 5) is 0. The highest BCUT2D eigenvalue weighted by molar-refractivity contribution is 5.49. The Labute approximate surface area is 102 Å². The molecule has 0 atom stereocenters. The lowest BCUT2D eigenvalue weighted by Gasteiger charge is -2.33. The molecule has 0 heterocycles. The van der Waals surface area contributed by atoms with Crippen LogP contribution >= 0.6 is 0 Å². The molecule has 0 spiro atoms. The summed E-state index contributed by atoms with van der Waals surface area (Å²) in [5, 5.41) is 10.7. The molecule has 1 aliphatic carbocycles. The van der Waals surface area contributed by atoms with E-state index in [4.69, 9.17) is 9.47 Å². The highest BCUT2D eigenvalue weighted by Gasteiger charge is 2.34. The lowest BCUT2D eigenvalue weighted by Crippen LogP contribution is -2.29. The second-order valence-electron chi connectivity index (χ2n) is 4.63. The van der Waals surface area contributed by atoms with Gasteiger partial charge in [-0.3, -0.25) is 0 Å². The molecule has 3 nitrogen and oxygen atoms in total. The smallest absolute Gasteiger partial charge is 0.166 e. The number of hydrogen-bond donors (Lipinski definition) is 1. The molecule has 1 aromatic carbocycles. The van der Waals surface area contributed by atoms with E-state index in [2.05, 4.69) is 0 Å². The quantitative estimate of drug-likeness (QED) is 0.877. The van der Waals surface area contributed by atoms with Crippen molar-refractivity contribution < 1.29 is 14.6 Å². The molecule has 0 aliphatic heterocycles. The van der Waals surface area contributed by atoms with Gasteiger partial charge in [-0.2, -0.15) is 0 Å². The van der Waals surface area contributed by atoms with Crippen molar-refractivity contribution in [2.45, 2.75) is 37.7 Å². The molecule has 0 saturated heterocycles. The van der Waals surface area contributed by atoms with Crippen LogP contribution in [0.15, 0.2) is 18.2 Å². The van der Waals surface area contributed by atoms with Crippen molar-refractivity contribution in [3.05, 3.63) is 23.8 Å². The first kappa shape index (κ1) is 12.2. The van der Waals surface area contributed by atoms with E-state index in [1.807, 2.05) is 18.2 Å². The van der Waals surface area contributed by atoms with E-state index in [1.165, 1.54) is 6.42 Å². The molecule has 1 aliphatic rings. The third kappa shape index (κ3) is 2.25. The van der Waals surface area contributed by atoms with Crippen LogP contribution < -0.4 is 9.47 Å². The highest BCUT2D eigenvalue weighted by Crippen LogP contribution is 2.44. The number of ether oxygens (including phenoxy) is 2. The second kappa shape index (κ2) is 4.96. The van der Waals surface area contributed by atoms with Gasteiger partial charge in [-0.15, -0.1) is 0 Å². The summed E-state index contributed by atoms with van der Waals surface area (Å²) < 4.78 is 10.7. The summed E-state index contributed by atoms with van der Waals surface area (Å²) in [6, 6.07) is 5.70. The average molecular weight is 236 g/mol. The second-order valence-corrected chi connectivity index (χ2v) is 4.63. The largest absolute Gasteiger partial charge is 0.493 e. The van der Waals surface area contributed by atoms with E-state index in [9.17, 15) is 5.11 Å². The van der Waals surface area contributed by atoms with Crippen LogP contribution in [0.1, 0.15) is 37.7 Å². The lowest BCUT2D eigenvalue weighted by atomic mass is 9.79. The molecule has 0 bridgehead atoms. The lowest BCUT2D eigenvalue weighted by molar-refractivity contribution is -0.00284. The van der Waals surface area contributed by atoms with Crippen LogP contribution in [0.5, 0.6) is 11.5 Å². The monoisotopic (exact) mass is 236 g/mol. The van der Waals surface area contributed by atoms with Gasteiger partial charge in [0.25, 0.3) is 0 Å². The van der Waals surface area contributed by atoms with Crippen LogP contribution in [0, 0.1) is 0 Å². The summed E-state index contributed by atoms with van der Waals surface area (Å²) in [5.41, 5.74) is 0.108. The summed E-state index contributed by atoms with van der Waals surface area (Å²) in [7, 11) is 3.24. The molecular formula is C14H20O3. The van der Waals surface area contributed by atoms with Crippen LogP contribution in [-0.2, 0) is 5.60 Å². The van der Waals surface area contributed by atoms with Gasteiger partial charge in [0.15, 0.2) is 11.5 Å². The van der Waals surface area contributed by atoms with Gasteiger partial charge in [0.05, 0.1) is 19.8 Å². The molecule has 0 unspecified atom stereocenters. The van der Waals surface area contributed by atoms with Crippen molar-refractivity contribution in [2.75, 3.05) is 14.2 Å². The topological polar surface area (TPSA) is 38.7 Å². The Kier molecular flexibility index (Phi) is 3.57. The Morgan fingerprint density at radius 1 is 1.06 bits per heavy atom. The summed E-state index contributed by atoms with van der Waals surface area (Å²) in [6.07, 6.45) is 4.94. The Hall–Kier alpha value is -1.22. The Morgan fingerprint density at radius 3 is 2.35 bits per heavy atom. The van der Waals surface area contributed by atoms with Crippen molar-refractivity contribution in [1.82, 2.24) is 0 Å². The third-order valence-electron chi connectivity index (χ3n) is 3.59. The minimum absolute atomic E-state index is 0.666. The Balaban J connectivity index is 2.42. The zero-order valence-corrected chi connectivity index (χ0v) is 10.5. The Morgan fingerprint density at radius 2 is 1.76 bits per heavy atom. The molecule has 1 fully saturated rings. The maximum atomic E-state index is 10.7. The van der Waals surface area contributed by atoms with Crippen LogP contribution in [0.25, 0.3) is 0 Å².